The molecule has 1 atom stereocenters. The first kappa shape index (κ1) is 20.6. The number of hydrogen-bond donors (Lipinski definition) is 3. The molecule has 31 heavy (non-hydrogen) atoms. The number of aromatic nitrogens is 1. The van der Waals surface area contributed by atoms with Crippen molar-refractivity contribution >= 4 is 23.5 Å². The van der Waals surface area contributed by atoms with Crippen LogP contribution in [0.4, 0.5) is 0 Å². The van der Waals surface area contributed by atoms with Crippen LogP contribution in [0.2, 0.25) is 0 Å². The smallest absolute Gasteiger partial charge is 0.423 e. The molecule has 0 amide bonds. The Hall–Kier alpha value is -3.62. The lowest BCUT2D eigenvalue weighted by atomic mass is 9.79. The number of nitrogens with one attached hydrogen (secondary N) is 1. The van der Waals surface area contributed by atoms with Crippen LogP contribution in [0.3, 0.4) is 0 Å². The van der Waals surface area contributed by atoms with E-state index in [1.807, 2.05) is 66.7 Å². The third kappa shape index (κ3) is 4.45. The Morgan fingerprint density at radius 3 is 2.32 bits per heavy atom. The molecule has 0 aliphatic carbocycles. The quantitative estimate of drug-likeness (QED) is 0.232. The summed E-state index contributed by atoms with van der Waals surface area (Å²) in [7, 11) is -1.57. The minimum atomic E-state index is -1.57. The van der Waals surface area contributed by atoms with Gasteiger partial charge < -0.3 is 19.9 Å². The van der Waals surface area contributed by atoms with Crippen molar-refractivity contribution < 1.29 is 20.0 Å². The summed E-state index contributed by atoms with van der Waals surface area (Å²) in [5.74, 6) is -0.171. The highest BCUT2D eigenvalue weighted by molar-refractivity contribution is 6.58. The van der Waals surface area contributed by atoms with Crippen LogP contribution in [-0.4, -0.2) is 33.8 Å². The normalized spacial score (nSPS) is 11.9. The van der Waals surface area contributed by atoms with Crippen LogP contribution in [0.15, 0.2) is 78.9 Å². The number of H-pyrrole nitrogens is 1. The summed E-state index contributed by atoms with van der Waals surface area (Å²) in [6.07, 6.45) is 0.405. The van der Waals surface area contributed by atoms with Crippen LogP contribution in [-0.2, 0) is 4.84 Å². The van der Waals surface area contributed by atoms with Gasteiger partial charge in [-0.3, -0.25) is 0 Å². The zero-order valence-corrected chi connectivity index (χ0v) is 16.6. The monoisotopic (exact) mass is 416 g/mol. The van der Waals surface area contributed by atoms with Gasteiger partial charge in [0.1, 0.15) is 0 Å². The molecule has 0 fully saturated rings. The molecule has 7 nitrogen and oxygen atoms in total. The minimum Gasteiger partial charge on any atom is -0.423 e. The van der Waals surface area contributed by atoms with Gasteiger partial charge in [0.2, 0.25) is 0 Å². The van der Waals surface area contributed by atoms with E-state index in [9.17, 15) is 20.2 Å². The first-order valence-electron chi connectivity index (χ1n) is 9.94. The fourth-order valence-electron chi connectivity index (χ4n) is 4.00. The van der Waals surface area contributed by atoms with E-state index >= 15 is 0 Å². The van der Waals surface area contributed by atoms with Crippen LogP contribution in [0.5, 0.6) is 0 Å². The van der Waals surface area contributed by atoms with Crippen LogP contribution in [0, 0.1) is 10.1 Å². The number of aromatic amines is 1. The second-order valence-electron chi connectivity index (χ2n) is 7.27. The largest absolute Gasteiger partial charge is 0.488 e. The molecule has 0 aliphatic rings. The zero-order valence-electron chi connectivity index (χ0n) is 16.6. The van der Waals surface area contributed by atoms with E-state index in [2.05, 4.69) is 9.82 Å². The molecule has 4 aromatic rings. The molecule has 8 heteroatoms. The van der Waals surface area contributed by atoms with Crippen LogP contribution < -0.4 is 5.46 Å². The number of benzene rings is 3. The lowest BCUT2D eigenvalue weighted by Crippen LogP contribution is -2.29. The maximum Gasteiger partial charge on any atom is 0.488 e. The molecular weight excluding hydrogens is 395 g/mol. The fourth-order valence-corrected chi connectivity index (χ4v) is 4.00. The third-order valence-electron chi connectivity index (χ3n) is 5.38. The average molecular weight is 416 g/mol. The van der Waals surface area contributed by atoms with Gasteiger partial charge in [0.15, 0.2) is 0 Å². The molecule has 0 saturated carbocycles. The topological polar surface area (TPSA) is 109 Å². The molecule has 3 N–H and O–H groups in total. The third-order valence-corrected chi connectivity index (χ3v) is 5.38. The molecule has 0 spiro atoms. The Morgan fingerprint density at radius 1 is 1.00 bits per heavy atom. The van der Waals surface area contributed by atoms with Crippen LogP contribution in [0.25, 0.3) is 22.2 Å². The first-order valence-corrected chi connectivity index (χ1v) is 9.94. The Morgan fingerprint density at radius 2 is 1.68 bits per heavy atom. The molecule has 4 rings (SSSR count). The van der Waals surface area contributed by atoms with Gasteiger partial charge >= 0.3 is 7.12 Å². The molecule has 0 saturated heterocycles. The van der Waals surface area contributed by atoms with Crippen LogP contribution in [0.1, 0.15) is 23.5 Å². The molecular formula is C23H21BN2O5. The second kappa shape index (κ2) is 9.03. The van der Waals surface area contributed by atoms with Crippen molar-refractivity contribution in [1.29, 1.82) is 0 Å². The van der Waals surface area contributed by atoms with E-state index in [1.165, 1.54) is 0 Å². The van der Waals surface area contributed by atoms with Crippen molar-refractivity contribution in [3.8, 4) is 11.3 Å². The van der Waals surface area contributed by atoms with Crippen molar-refractivity contribution in [2.24, 2.45) is 0 Å². The Bertz CT molecular complexity index is 1180. The number of fused-ring (bicyclic) bond motifs is 1. The summed E-state index contributed by atoms with van der Waals surface area (Å²) in [5.41, 5.74) is 4.99. The lowest BCUT2D eigenvalue weighted by Gasteiger charge is -2.19. The number of rotatable bonds is 8. The van der Waals surface area contributed by atoms with E-state index in [0.717, 1.165) is 33.3 Å². The average Bonchev–Trinajstić information content (AvgIpc) is 3.16. The van der Waals surface area contributed by atoms with E-state index in [0.29, 0.717) is 11.9 Å². The van der Waals surface area contributed by atoms with E-state index in [1.54, 1.807) is 12.1 Å². The summed E-state index contributed by atoms with van der Waals surface area (Å²) in [5, 5.41) is 30.1. The highest BCUT2D eigenvalue weighted by atomic mass is 16.9. The first-order chi connectivity index (χ1) is 15.0. The van der Waals surface area contributed by atoms with E-state index < -0.39 is 12.2 Å². The fraction of sp³-hybridized carbons (Fsp3) is 0.130. The van der Waals surface area contributed by atoms with Gasteiger partial charge in [0, 0.05) is 16.8 Å². The molecule has 1 heterocycles. The predicted octanol–water partition coefficient (Wildman–Crippen LogP) is 3.25. The lowest BCUT2D eigenvalue weighted by molar-refractivity contribution is -0.757. The summed E-state index contributed by atoms with van der Waals surface area (Å²) in [6, 6.07) is 24.8. The van der Waals surface area contributed by atoms with Crippen molar-refractivity contribution in [1.82, 2.24) is 4.98 Å². The van der Waals surface area contributed by atoms with Gasteiger partial charge in [-0.2, -0.15) is 0 Å². The van der Waals surface area contributed by atoms with Crippen LogP contribution >= 0.6 is 0 Å². The zero-order chi connectivity index (χ0) is 21.8. The second-order valence-corrected chi connectivity index (χ2v) is 7.27. The summed E-state index contributed by atoms with van der Waals surface area (Å²) >= 11 is 0. The molecule has 0 aliphatic heterocycles. The maximum absolute atomic E-state index is 10.7. The van der Waals surface area contributed by atoms with Gasteiger partial charge in [0.25, 0.3) is 5.09 Å². The van der Waals surface area contributed by atoms with E-state index in [-0.39, 0.29) is 12.5 Å². The molecule has 0 bridgehead atoms. The van der Waals surface area contributed by atoms with Gasteiger partial charge in [-0.25, -0.2) is 0 Å². The van der Waals surface area contributed by atoms with Gasteiger partial charge in [0.05, 0.1) is 12.3 Å². The van der Waals surface area contributed by atoms with Crippen molar-refractivity contribution in [3.63, 3.8) is 0 Å². The van der Waals surface area contributed by atoms with Crippen molar-refractivity contribution in [2.45, 2.75) is 12.3 Å². The van der Waals surface area contributed by atoms with Gasteiger partial charge in [-0.05, 0) is 34.6 Å². The minimum absolute atomic E-state index is 0.0408. The number of hydrogen-bond acceptors (Lipinski definition) is 5. The van der Waals surface area contributed by atoms with Crippen molar-refractivity contribution in [3.05, 3.63) is 100 Å². The Labute approximate surface area is 179 Å². The standard InChI is InChI=1S/C23H21BN2O5/c27-24(28)18-11-12-20-21(15-18)25-23(17-9-5-2-6-10-17)22(20)19(13-14-31-26(29)30)16-7-3-1-4-8-16/h1-12,15,19,25,27-28H,13-14H2. The highest BCUT2D eigenvalue weighted by Crippen LogP contribution is 2.40. The van der Waals surface area contributed by atoms with E-state index in [4.69, 9.17) is 0 Å². The summed E-state index contributed by atoms with van der Waals surface area (Å²) < 4.78 is 0. The van der Waals surface area contributed by atoms with Crippen molar-refractivity contribution in [2.75, 3.05) is 6.61 Å². The summed E-state index contributed by atoms with van der Waals surface area (Å²) in [4.78, 5) is 18.8. The Kier molecular flexibility index (Phi) is 6.02. The SMILES string of the molecule is O=[N+]([O-])OCCC(c1ccccc1)c1c(-c2ccccc2)[nH]c2cc(B(O)O)ccc12. The maximum atomic E-state index is 10.7. The highest BCUT2D eigenvalue weighted by Gasteiger charge is 2.24. The van der Waals surface area contributed by atoms with Gasteiger partial charge in [-0.1, -0.05) is 72.8 Å². The molecule has 156 valence electrons. The Balaban J connectivity index is 1.91. The predicted molar refractivity (Wildman–Crippen MR) is 119 cm³/mol. The molecule has 1 aromatic heterocycles. The molecule has 3 aromatic carbocycles. The van der Waals surface area contributed by atoms with Gasteiger partial charge in [-0.15, -0.1) is 10.1 Å². The summed E-state index contributed by atoms with van der Waals surface area (Å²) in [6.45, 7) is -0.0408. The molecule has 1 unspecified atom stereocenters. The molecule has 0 radical (unpaired) electrons. The number of nitrogens with zero attached hydrogens (tertiary/aromatic N) is 1.